The smallest absolute Gasteiger partial charge is 0.337 e. The molecule has 4 rings (SSSR count). The number of aromatic nitrogens is 5. The van der Waals surface area contributed by atoms with Crippen LogP contribution in [0.1, 0.15) is 17.3 Å². The lowest BCUT2D eigenvalue weighted by atomic mass is 10.1. The number of hydrogen-bond donors (Lipinski definition) is 0. The van der Waals surface area contributed by atoms with Crippen LogP contribution >= 0.6 is 0 Å². The average molecular weight is 321 g/mol. The van der Waals surface area contributed by atoms with E-state index in [1.165, 1.54) is 14.6 Å². The molecule has 0 fully saturated rings. The first kappa shape index (κ1) is 14.4. The molecule has 0 aliphatic rings. The highest BCUT2D eigenvalue weighted by Crippen LogP contribution is 2.19. The number of hydrogen-bond acceptors (Lipinski definition) is 5. The zero-order valence-corrected chi connectivity index (χ0v) is 13.3. The van der Waals surface area contributed by atoms with Crippen molar-refractivity contribution in [2.24, 2.45) is 0 Å². The zero-order chi connectivity index (χ0) is 16.7. The highest BCUT2D eigenvalue weighted by atomic mass is 16.5. The van der Waals surface area contributed by atoms with Gasteiger partial charge < -0.3 is 4.52 Å². The summed E-state index contributed by atoms with van der Waals surface area (Å²) in [6, 6.07) is 11.9. The predicted molar refractivity (Wildman–Crippen MR) is 87.8 cm³/mol. The second kappa shape index (κ2) is 5.45. The van der Waals surface area contributed by atoms with Crippen LogP contribution in [0.15, 0.2) is 51.9 Å². The van der Waals surface area contributed by atoms with Crippen molar-refractivity contribution in [1.82, 2.24) is 24.3 Å². The molecule has 0 atom stereocenters. The largest absolute Gasteiger partial charge is 0.350 e. The van der Waals surface area contributed by atoms with Gasteiger partial charge in [-0.2, -0.15) is 4.98 Å². The van der Waals surface area contributed by atoms with Gasteiger partial charge >= 0.3 is 5.69 Å². The van der Waals surface area contributed by atoms with Crippen LogP contribution in [-0.4, -0.2) is 24.3 Å². The molecule has 3 heterocycles. The molecule has 24 heavy (non-hydrogen) atoms. The van der Waals surface area contributed by atoms with Crippen molar-refractivity contribution in [3.8, 4) is 11.1 Å². The molecule has 0 N–H and O–H groups in total. The lowest BCUT2D eigenvalue weighted by Gasteiger charge is -2.02. The van der Waals surface area contributed by atoms with Crippen molar-refractivity contribution in [3.63, 3.8) is 0 Å². The second-order valence-corrected chi connectivity index (χ2v) is 5.69. The third-order valence-electron chi connectivity index (χ3n) is 3.82. The van der Waals surface area contributed by atoms with E-state index in [2.05, 4.69) is 15.2 Å². The van der Waals surface area contributed by atoms with Crippen molar-refractivity contribution in [3.05, 3.63) is 70.4 Å². The van der Waals surface area contributed by atoms with E-state index in [4.69, 9.17) is 4.52 Å². The minimum Gasteiger partial charge on any atom is -0.337 e. The average Bonchev–Trinajstić information content (AvgIpc) is 3.12. The number of aryl methyl sites for hydroxylation is 2. The number of benzene rings is 1. The maximum absolute atomic E-state index is 12.6. The highest BCUT2D eigenvalue weighted by Gasteiger charge is 2.11. The summed E-state index contributed by atoms with van der Waals surface area (Å²) < 4.78 is 7.90. The van der Waals surface area contributed by atoms with Gasteiger partial charge in [0.1, 0.15) is 6.54 Å². The molecule has 0 radical (unpaired) electrons. The predicted octanol–water partition coefficient (Wildman–Crippen LogP) is 2.21. The van der Waals surface area contributed by atoms with Crippen molar-refractivity contribution < 1.29 is 4.52 Å². The molecule has 3 aromatic heterocycles. The monoisotopic (exact) mass is 321 g/mol. The maximum Gasteiger partial charge on any atom is 0.350 e. The number of pyridine rings is 1. The summed E-state index contributed by atoms with van der Waals surface area (Å²) in [5.41, 5.74) is 3.54. The number of rotatable bonds is 3. The molecule has 120 valence electrons. The Morgan fingerprint density at radius 3 is 2.50 bits per heavy atom. The Hall–Kier alpha value is -3.22. The van der Waals surface area contributed by atoms with Gasteiger partial charge in [-0.15, -0.1) is 5.10 Å². The molecule has 7 heteroatoms. The fourth-order valence-corrected chi connectivity index (χ4v) is 2.57. The standard InChI is InChI=1S/C17H15N5O2/c1-11-3-5-13(6-4-11)14-7-8-15-19-22(17(23)21(15)9-14)10-16-18-12(2)20-24-16/h3-9H,10H2,1-2H3. The fourth-order valence-electron chi connectivity index (χ4n) is 2.57. The first-order chi connectivity index (χ1) is 11.6. The van der Waals surface area contributed by atoms with Crippen molar-refractivity contribution in [1.29, 1.82) is 0 Å². The van der Waals surface area contributed by atoms with Gasteiger partial charge in [-0.3, -0.25) is 0 Å². The van der Waals surface area contributed by atoms with Crippen molar-refractivity contribution in [2.45, 2.75) is 20.4 Å². The normalized spacial score (nSPS) is 11.2. The summed E-state index contributed by atoms with van der Waals surface area (Å²) in [7, 11) is 0. The van der Waals surface area contributed by atoms with E-state index in [1.807, 2.05) is 43.3 Å². The van der Waals surface area contributed by atoms with Gasteiger partial charge in [-0.25, -0.2) is 13.9 Å². The molecule has 0 unspecified atom stereocenters. The summed E-state index contributed by atoms with van der Waals surface area (Å²) >= 11 is 0. The quantitative estimate of drug-likeness (QED) is 0.578. The molecule has 0 spiro atoms. The molecule has 0 bridgehead atoms. The summed E-state index contributed by atoms with van der Waals surface area (Å²) in [6.45, 7) is 3.93. The Kier molecular flexibility index (Phi) is 3.26. The van der Waals surface area contributed by atoms with Gasteiger partial charge in [-0.1, -0.05) is 35.0 Å². The van der Waals surface area contributed by atoms with Gasteiger partial charge in [0, 0.05) is 6.20 Å². The van der Waals surface area contributed by atoms with Gasteiger partial charge in [-0.05, 0) is 37.1 Å². The van der Waals surface area contributed by atoms with Gasteiger partial charge in [0.2, 0.25) is 5.89 Å². The summed E-state index contributed by atoms with van der Waals surface area (Å²) in [6.07, 6.45) is 1.80. The van der Waals surface area contributed by atoms with E-state index in [0.29, 0.717) is 17.4 Å². The first-order valence-electron chi connectivity index (χ1n) is 7.55. The molecule has 0 amide bonds. The molecule has 7 nitrogen and oxygen atoms in total. The van der Waals surface area contributed by atoms with Gasteiger partial charge in [0.25, 0.3) is 0 Å². The molecule has 0 saturated carbocycles. The Morgan fingerprint density at radius 2 is 1.79 bits per heavy atom. The van der Waals surface area contributed by atoms with E-state index in [-0.39, 0.29) is 12.2 Å². The molecule has 0 aliphatic heterocycles. The van der Waals surface area contributed by atoms with Crippen LogP contribution in [0.25, 0.3) is 16.8 Å². The van der Waals surface area contributed by atoms with Crippen LogP contribution in [0.2, 0.25) is 0 Å². The Balaban J connectivity index is 1.75. The molecule has 0 aliphatic carbocycles. The lowest BCUT2D eigenvalue weighted by molar-refractivity contribution is 0.361. The third kappa shape index (κ3) is 2.50. The topological polar surface area (TPSA) is 78.2 Å². The third-order valence-corrected chi connectivity index (χ3v) is 3.82. The fraction of sp³-hybridized carbons (Fsp3) is 0.176. The number of fused-ring (bicyclic) bond motifs is 1. The van der Waals surface area contributed by atoms with Crippen molar-refractivity contribution in [2.75, 3.05) is 0 Å². The van der Waals surface area contributed by atoms with E-state index < -0.39 is 0 Å². The van der Waals surface area contributed by atoms with Gasteiger partial charge in [0.05, 0.1) is 0 Å². The summed E-state index contributed by atoms with van der Waals surface area (Å²) in [5, 5.41) is 8.03. The van der Waals surface area contributed by atoms with E-state index in [0.717, 1.165) is 11.1 Å². The first-order valence-corrected chi connectivity index (χ1v) is 7.55. The lowest BCUT2D eigenvalue weighted by Crippen LogP contribution is -2.21. The van der Waals surface area contributed by atoms with Crippen LogP contribution in [0.4, 0.5) is 0 Å². The molecular weight excluding hydrogens is 306 g/mol. The summed E-state index contributed by atoms with van der Waals surface area (Å²) in [5.74, 6) is 0.889. The Labute approximate surface area is 137 Å². The molecule has 4 aromatic rings. The number of nitrogens with zero attached hydrogens (tertiary/aromatic N) is 5. The van der Waals surface area contributed by atoms with Crippen LogP contribution in [0.3, 0.4) is 0 Å². The zero-order valence-electron chi connectivity index (χ0n) is 13.3. The molecular formula is C17H15N5O2. The molecule has 0 saturated heterocycles. The Morgan fingerprint density at radius 1 is 1.04 bits per heavy atom. The van der Waals surface area contributed by atoms with Crippen LogP contribution in [-0.2, 0) is 6.54 Å². The highest BCUT2D eigenvalue weighted by molar-refractivity contribution is 5.64. The van der Waals surface area contributed by atoms with Gasteiger partial charge in [0.15, 0.2) is 11.5 Å². The second-order valence-electron chi connectivity index (χ2n) is 5.69. The summed E-state index contributed by atoms with van der Waals surface area (Å²) in [4.78, 5) is 16.7. The van der Waals surface area contributed by atoms with E-state index in [9.17, 15) is 4.79 Å². The van der Waals surface area contributed by atoms with Crippen LogP contribution in [0, 0.1) is 13.8 Å². The SMILES string of the molecule is Cc1ccc(-c2ccc3nn(Cc4nc(C)no4)c(=O)n3c2)cc1. The minimum atomic E-state index is -0.241. The molecule has 1 aromatic carbocycles. The minimum absolute atomic E-state index is 0.154. The van der Waals surface area contributed by atoms with E-state index in [1.54, 1.807) is 13.1 Å². The maximum atomic E-state index is 12.6. The van der Waals surface area contributed by atoms with E-state index >= 15 is 0 Å². The van der Waals surface area contributed by atoms with Crippen molar-refractivity contribution >= 4 is 5.65 Å². The van der Waals surface area contributed by atoms with Crippen LogP contribution in [0.5, 0.6) is 0 Å². The van der Waals surface area contributed by atoms with Crippen LogP contribution < -0.4 is 5.69 Å². The Bertz CT molecular complexity index is 1070.